The van der Waals surface area contributed by atoms with Crippen molar-refractivity contribution >= 4 is 33.0 Å². The van der Waals surface area contributed by atoms with Gasteiger partial charge >= 0.3 is 0 Å². The summed E-state index contributed by atoms with van der Waals surface area (Å²) >= 11 is 1.41. The quantitative estimate of drug-likeness (QED) is 0.625. The van der Waals surface area contributed by atoms with Gasteiger partial charge in [-0.3, -0.25) is 4.79 Å². The van der Waals surface area contributed by atoms with E-state index in [-0.39, 0.29) is 10.8 Å². The van der Waals surface area contributed by atoms with Crippen molar-refractivity contribution in [3.8, 4) is 16.2 Å². The summed E-state index contributed by atoms with van der Waals surface area (Å²) in [5.74, 6) is 0.538. The van der Waals surface area contributed by atoms with Gasteiger partial charge in [0.15, 0.2) is 0 Å². The summed E-state index contributed by atoms with van der Waals surface area (Å²) in [4.78, 5) is 14.8. The van der Waals surface area contributed by atoms with Crippen LogP contribution in [0.15, 0.2) is 53.4 Å². The zero-order valence-corrected chi connectivity index (χ0v) is 19.1. The largest absolute Gasteiger partial charge is 0.488 e. The number of aryl methyl sites for hydroxylation is 1. The van der Waals surface area contributed by atoms with Crippen molar-refractivity contribution in [2.24, 2.45) is 0 Å². The monoisotopic (exact) mass is 470 g/mol. The highest BCUT2D eigenvalue weighted by Gasteiger charge is 2.27. The van der Waals surface area contributed by atoms with E-state index in [1.165, 1.54) is 21.7 Å². The Morgan fingerprint density at radius 3 is 2.69 bits per heavy atom. The molecule has 0 bridgehead atoms. The van der Waals surface area contributed by atoms with Crippen LogP contribution in [-0.2, 0) is 21.4 Å². The normalized spacial score (nSPS) is 16.0. The Kier molecular flexibility index (Phi) is 5.50. The smallest absolute Gasteiger partial charge is 0.265 e. The second-order valence-corrected chi connectivity index (χ2v) is 10.7. The lowest BCUT2D eigenvalue weighted by Gasteiger charge is -2.26. The number of benzene rings is 2. The van der Waals surface area contributed by atoms with Crippen molar-refractivity contribution in [2.45, 2.75) is 18.4 Å². The van der Waals surface area contributed by atoms with E-state index in [9.17, 15) is 13.2 Å². The van der Waals surface area contributed by atoms with Crippen LogP contribution in [0, 0.1) is 6.92 Å². The summed E-state index contributed by atoms with van der Waals surface area (Å²) in [7, 11) is -3.65. The topological polar surface area (TPSA) is 84.9 Å². The van der Waals surface area contributed by atoms with Gasteiger partial charge in [-0.25, -0.2) is 8.42 Å². The number of fused-ring (bicyclic) bond motifs is 3. The Labute approximate surface area is 190 Å². The number of para-hydroxylation sites is 1. The highest BCUT2D eigenvalue weighted by molar-refractivity contribution is 7.89. The molecule has 2 aliphatic rings. The fraction of sp³-hybridized carbons (Fsp3) is 0.261. The number of hydrogen-bond donors (Lipinski definition) is 1. The molecule has 0 spiro atoms. The van der Waals surface area contributed by atoms with Crippen molar-refractivity contribution in [2.75, 3.05) is 31.6 Å². The molecule has 1 fully saturated rings. The van der Waals surface area contributed by atoms with Crippen LogP contribution in [0.3, 0.4) is 0 Å². The third kappa shape index (κ3) is 3.81. The minimum Gasteiger partial charge on any atom is -0.488 e. The van der Waals surface area contributed by atoms with E-state index >= 15 is 0 Å². The van der Waals surface area contributed by atoms with Gasteiger partial charge in [0.2, 0.25) is 10.0 Å². The highest BCUT2D eigenvalue weighted by Crippen LogP contribution is 2.42. The van der Waals surface area contributed by atoms with Crippen LogP contribution in [-0.4, -0.2) is 44.9 Å². The van der Waals surface area contributed by atoms with E-state index < -0.39 is 10.0 Å². The molecule has 9 heteroatoms. The van der Waals surface area contributed by atoms with Gasteiger partial charge in [0.1, 0.15) is 12.4 Å². The first-order valence-electron chi connectivity index (χ1n) is 10.3. The van der Waals surface area contributed by atoms with Crippen molar-refractivity contribution in [3.05, 3.63) is 64.5 Å². The van der Waals surface area contributed by atoms with Gasteiger partial charge in [-0.15, -0.1) is 11.3 Å². The minimum absolute atomic E-state index is 0.160. The molecule has 7 nitrogen and oxygen atoms in total. The number of carbonyl (C=O) groups is 1. The van der Waals surface area contributed by atoms with Crippen molar-refractivity contribution in [1.29, 1.82) is 0 Å². The van der Waals surface area contributed by atoms with Crippen LogP contribution in [0.25, 0.3) is 10.4 Å². The maximum absolute atomic E-state index is 13.0. The summed E-state index contributed by atoms with van der Waals surface area (Å²) < 4.78 is 38.5. The molecule has 1 amide bonds. The second kappa shape index (κ2) is 8.32. The average Bonchev–Trinajstić information content (AvgIpc) is 3.26. The standard InChI is InChI=1S/C23H22N2O5S2/c1-15-6-7-17(32(27,28)25-8-10-29-11-9-25)13-19(15)24-23(26)21-12-16-14-30-20-5-3-2-4-18(20)22(16)31-21/h2-7,12-13H,8-11,14H2,1H3,(H,24,26). The molecule has 1 saturated heterocycles. The van der Waals surface area contributed by atoms with Gasteiger partial charge in [0, 0.05) is 34.8 Å². The zero-order chi connectivity index (χ0) is 22.3. The number of carbonyl (C=O) groups excluding carboxylic acids is 1. The fourth-order valence-corrected chi connectivity index (χ4v) is 6.35. The first-order valence-corrected chi connectivity index (χ1v) is 12.5. The van der Waals surface area contributed by atoms with Crippen LogP contribution >= 0.6 is 11.3 Å². The average molecular weight is 471 g/mol. The number of amides is 1. The van der Waals surface area contributed by atoms with Gasteiger partial charge < -0.3 is 14.8 Å². The van der Waals surface area contributed by atoms with Gasteiger partial charge in [0.05, 0.1) is 23.0 Å². The first-order chi connectivity index (χ1) is 15.4. The maximum atomic E-state index is 13.0. The molecule has 3 aromatic rings. The van der Waals surface area contributed by atoms with E-state index in [4.69, 9.17) is 9.47 Å². The van der Waals surface area contributed by atoms with E-state index in [1.807, 2.05) is 37.3 Å². The van der Waals surface area contributed by atoms with E-state index in [2.05, 4.69) is 5.32 Å². The summed E-state index contributed by atoms with van der Waals surface area (Å²) in [6.45, 7) is 3.66. The Bertz CT molecular complexity index is 1290. The molecule has 0 atom stereocenters. The number of nitrogens with one attached hydrogen (secondary N) is 1. The van der Waals surface area contributed by atoms with Gasteiger partial charge in [0.25, 0.3) is 5.91 Å². The Balaban J connectivity index is 1.41. The molecule has 32 heavy (non-hydrogen) atoms. The molecule has 166 valence electrons. The van der Waals surface area contributed by atoms with E-state index in [0.29, 0.717) is 43.5 Å². The molecule has 2 aromatic carbocycles. The third-order valence-corrected chi connectivity index (χ3v) is 8.72. The molecule has 1 aromatic heterocycles. The zero-order valence-electron chi connectivity index (χ0n) is 17.5. The van der Waals surface area contributed by atoms with Gasteiger partial charge in [-0.2, -0.15) is 4.31 Å². The summed E-state index contributed by atoms with van der Waals surface area (Å²) in [5.41, 5.74) is 3.22. The van der Waals surface area contributed by atoms with Gasteiger partial charge in [-0.05, 0) is 42.8 Å². The predicted molar refractivity (Wildman–Crippen MR) is 123 cm³/mol. The van der Waals surface area contributed by atoms with Crippen molar-refractivity contribution < 1.29 is 22.7 Å². The second-order valence-electron chi connectivity index (χ2n) is 7.70. The Hall–Kier alpha value is -2.72. The summed E-state index contributed by atoms with van der Waals surface area (Å²) in [5, 5.41) is 2.90. The van der Waals surface area contributed by atoms with Crippen molar-refractivity contribution in [1.82, 2.24) is 4.31 Å². The van der Waals surface area contributed by atoms with E-state index in [0.717, 1.165) is 27.3 Å². The predicted octanol–water partition coefficient (Wildman–Crippen LogP) is 3.89. The molecular weight excluding hydrogens is 448 g/mol. The molecule has 3 heterocycles. The van der Waals surface area contributed by atoms with Crippen LogP contribution < -0.4 is 10.1 Å². The fourth-order valence-electron chi connectivity index (χ4n) is 3.83. The first kappa shape index (κ1) is 21.1. The molecule has 1 N–H and O–H groups in total. The summed E-state index contributed by atoms with van der Waals surface area (Å²) in [6, 6.07) is 14.4. The number of thiophene rings is 1. The maximum Gasteiger partial charge on any atom is 0.265 e. The minimum atomic E-state index is -3.65. The van der Waals surface area contributed by atoms with Crippen LogP contribution in [0.1, 0.15) is 20.8 Å². The van der Waals surface area contributed by atoms with E-state index in [1.54, 1.807) is 12.1 Å². The van der Waals surface area contributed by atoms with Crippen LogP contribution in [0.2, 0.25) is 0 Å². The molecule has 5 rings (SSSR count). The summed E-state index contributed by atoms with van der Waals surface area (Å²) in [6.07, 6.45) is 0. The lowest BCUT2D eigenvalue weighted by atomic mass is 10.1. The van der Waals surface area contributed by atoms with Gasteiger partial charge in [-0.1, -0.05) is 18.2 Å². The number of nitrogens with zero attached hydrogens (tertiary/aromatic N) is 1. The number of morpholine rings is 1. The number of sulfonamides is 1. The SMILES string of the molecule is Cc1ccc(S(=O)(=O)N2CCOCC2)cc1NC(=O)c1cc2c(s1)-c1ccccc1OC2. The molecule has 2 aliphatic heterocycles. The number of hydrogen-bond acceptors (Lipinski definition) is 6. The lowest BCUT2D eigenvalue weighted by Crippen LogP contribution is -2.40. The van der Waals surface area contributed by atoms with Crippen LogP contribution in [0.4, 0.5) is 5.69 Å². The highest BCUT2D eigenvalue weighted by atomic mass is 32.2. The Morgan fingerprint density at radius 2 is 1.88 bits per heavy atom. The number of ether oxygens (including phenoxy) is 2. The molecule has 0 radical (unpaired) electrons. The van der Waals surface area contributed by atoms with Crippen LogP contribution in [0.5, 0.6) is 5.75 Å². The number of rotatable bonds is 4. The molecule has 0 unspecified atom stereocenters. The third-order valence-electron chi connectivity index (χ3n) is 5.61. The number of anilines is 1. The molecule has 0 aliphatic carbocycles. The van der Waals surface area contributed by atoms with Crippen molar-refractivity contribution in [3.63, 3.8) is 0 Å². The molecule has 0 saturated carbocycles. The Morgan fingerprint density at radius 1 is 1.09 bits per heavy atom. The lowest BCUT2D eigenvalue weighted by molar-refractivity contribution is 0.0730. The molecular formula is C23H22N2O5S2.